The third-order valence-electron chi connectivity index (χ3n) is 2.51. The fraction of sp³-hybridized carbons (Fsp3) is 0.556. The molecule has 0 saturated heterocycles. The van der Waals surface area contributed by atoms with Crippen LogP contribution in [0.5, 0.6) is 0 Å². The molecule has 94 valence electrons. The SMILES string of the molecule is O=C(NCC(F)(F)F)C1Cc2nc[nH]c2CN1. The van der Waals surface area contributed by atoms with Crippen molar-refractivity contribution >= 4 is 5.91 Å². The van der Waals surface area contributed by atoms with Crippen LogP contribution in [0, 0.1) is 0 Å². The van der Waals surface area contributed by atoms with Crippen LogP contribution in [0.4, 0.5) is 13.2 Å². The number of amides is 1. The molecule has 17 heavy (non-hydrogen) atoms. The zero-order chi connectivity index (χ0) is 12.5. The second-order valence-corrected chi connectivity index (χ2v) is 3.80. The van der Waals surface area contributed by atoms with Crippen molar-refractivity contribution in [3.8, 4) is 0 Å². The van der Waals surface area contributed by atoms with Crippen LogP contribution in [-0.2, 0) is 17.8 Å². The number of carbonyl (C=O) groups is 1. The van der Waals surface area contributed by atoms with Gasteiger partial charge in [-0.1, -0.05) is 0 Å². The van der Waals surface area contributed by atoms with Crippen molar-refractivity contribution in [3.63, 3.8) is 0 Å². The highest BCUT2D eigenvalue weighted by atomic mass is 19.4. The Morgan fingerprint density at radius 3 is 3.06 bits per heavy atom. The summed E-state index contributed by atoms with van der Waals surface area (Å²) in [7, 11) is 0. The highest BCUT2D eigenvalue weighted by Crippen LogP contribution is 2.14. The fourth-order valence-corrected chi connectivity index (χ4v) is 1.67. The number of rotatable bonds is 2. The Balaban J connectivity index is 1.90. The molecule has 1 aromatic rings. The summed E-state index contributed by atoms with van der Waals surface area (Å²) in [5, 5.41) is 4.70. The molecule has 0 spiro atoms. The molecule has 0 bridgehead atoms. The minimum Gasteiger partial charge on any atom is -0.347 e. The molecule has 3 N–H and O–H groups in total. The zero-order valence-electron chi connectivity index (χ0n) is 8.77. The van der Waals surface area contributed by atoms with E-state index in [0.29, 0.717) is 13.0 Å². The van der Waals surface area contributed by atoms with Gasteiger partial charge in [0.1, 0.15) is 6.54 Å². The van der Waals surface area contributed by atoms with Crippen molar-refractivity contribution in [2.24, 2.45) is 0 Å². The molecule has 1 aliphatic rings. The fourth-order valence-electron chi connectivity index (χ4n) is 1.67. The summed E-state index contributed by atoms with van der Waals surface area (Å²) in [4.78, 5) is 18.4. The zero-order valence-corrected chi connectivity index (χ0v) is 8.77. The highest BCUT2D eigenvalue weighted by molar-refractivity contribution is 5.82. The Bertz CT molecular complexity index is 415. The second kappa shape index (κ2) is 4.36. The lowest BCUT2D eigenvalue weighted by Gasteiger charge is -2.22. The van der Waals surface area contributed by atoms with E-state index in [9.17, 15) is 18.0 Å². The number of H-pyrrole nitrogens is 1. The summed E-state index contributed by atoms with van der Waals surface area (Å²) in [6.45, 7) is -0.906. The molecular formula is C9H11F3N4O. The van der Waals surface area contributed by atoms with Gasteiger partial charge < -0.3 is 10.3 Å². The van der Waals surface area contributed by atoms with Gasteiger partial charge in [-0.2, -0.15) is 13.2 Å². The van der Waals surface area contributed by atoms with Crippen LogP contribution < -0.4 is 10.6 Å². The topological polar surface area (TPSA) is 69.8 Å². The number of carbonyl (C=O) groups excluding carboxylic acids is 1. The number of alkyl halides is 3. The van der Waals surface area contributed by atoms with Crippen LogP contribution in [0.3, 0.4) is 0 Å². The van der Waals surface area contributed by atoms with Crippen molar-refractivity contribution in [2.75, 3.05) is 6.54 Å². The van der Waals surface area contributed by atoms with Crippen molar-refractivity contribution in [1.82, 2.24) is 20.6 Å². The lowest BCUT2D eigenvalue weighted by atomic mass is 10.0. The Hall–Kier alpha value is -1.57. The van der Waals surface area contributed by atoms with Gasteiger partial charge in [0.25, 0.3) is 0 Å². The number of nitrogens with one attached hydrogen (secondary N) is 3. The standard InChI is InChI=1S/C9H11F3N4O/c10-9(11,12)3-14-8(17)6-1-5-7(2-13-6)16-4-15-5/h4,6,13H,1-3H2,(H,14,17)(H,15,16). The number of hydrogen-bond donors (Lipinski definition) is 3. The second-order valence-electron chi connectivity index (χ2n) is 3.80. The molecule has 0 saturated carbocycles. The van der Waals surface area contributed by atoms with E-state index in [-0.39, 0.29) is 0 Å². The number of aromatic nitrogens is 2. The van der Waals surface area contributed by atoms with Gasteiger partial charge in [-0.15, -0.1) is 0 Å². The first-order valence-corrected chi connectivity index (χ1v) is 5.04. The van der Waals surface area contributed by atoms with Gasteiger partial charge in [0.2, 0.25) is 5.91 Å². The van der Waals surface area contributed by atoms with Crippen LogP contribution in [0.1, 0.15) is 11.4 Å². The third-order valence-corrected chi connectivity index (χ3v) is 2.51. The summed E-state index contributed by atoms with van der Waals surface area (Å²) >= 11 is 0. The summed E-state index contributed by atoms with van der Waals surface area (Å²) in [6, 6.07) is -0.659. The van der Waals surface area contributed by atoms with Gasteiger partial charge in [-0.3, -0.25) is 10.1 Å². The maximum atomic E-state index is 11.9. The Morgan fingerprint density at radius 1 is 1.59 bits per heavy atom. The van der Waals surface area contributed by atoms with E-state index in [1.807, 2.05) is 5.32 Å². The van der Waals surface area contributed by atoms with Gasteiger partial charge in [0.15, 0.2) is 0 Å². The molecule has 0 aliphatic carbocycles. The number of fused-ring (bicyclic) bond motifs is 1. The smallest absolute Gasteiger partial charge is 0.347 e. The first-order valence-electron chi connectivity index (χ1n) is 5.04. The first kappa shape index (κ1) is 11.9. The summed E-state index contributed by atoms with van der Waals surface area (Å²) < 4.78 is 35.8. The number of imidazole rings is 1. The Morgan fingerprint density at radius 2 is 2.35 bits per heavy atom. The van der Waals surface area contributed by atoms with E-state index in [1.165, 1.54) is 6.33 Å². The van der Waals surface area contributed by atoms with E-state index >= 15 is 0 Å². The molecule has 2 heterocycles. The summed E-state index contributed by atoms with van der Waals surface area (Å²) in [6.07, 6.45) is -2.59. The lowest BCUT2D eigenvalue weighted by molar-refractivity contribution is -0.139. The highest BCUT2D eigenvalue weighted by Gasteiger charge is 2.31. The number of hydrogen-bond acceptors (Lipinski definition) is 3. The maximum Gasteiger partial charge on any atom is 0.405 e. The molecule has 5 nitrogen and oxygen atoms in total. The van der Waals surface area contributed by atoms with Gasteiger partial charge in [0, 0.05) is 13.0 Å². The van der Waals surface area contributed by atoms with Crippen LogP contribution >= 0.6 is 0 Å². The van der Waals surface area contributed by atoms with Gasteiger partial charge in [0.05, 0.1) is 23.8 Å². The van der Waals surface area contributed by atoms with Crippen LogP contribution in [-0.4, -0.2) is 34.6 Å². The predicted molar refractivity (Wildman–Crippen MR) is 52.0 cm³/mol. The van der Waals surface area contributed by atoms with Crippen molar-refractivity contribution < 1.29 is 18.0 Å². The van der Waals surface area contributed by atoms with Crippen LogP contribution in [0.15, 0.2) is 6.33 Å². The summed E-state index contributed by atoms with van der Waals surface area (Å²) in [5.41, 5.74) is 1.58. The minimum atomic E-state index is -4.39. The average molecular weight is 248 g/mol. The first-order chi connectivity index (χ1) is 7.96. The molecule has 0 fully saturated rings. The number of aromatic amines is 1. The quantitative estimate of drug-likeness (QED) is 0.695. The van der Waals surface area contributed by atoms with E-state index in [1.54, 1.807) is 0 Å². The molecule has 1 aromatic heterocycles. The van der Waals surface area contributed by atoms with Crippen molar-refractivity contribution in [1.29, 1.82) is 0 Å². The largest absolute Gasteiger partial charge is 0.405 e. The van der Waals surface area contributed by atoms with Crippen LogP contribution in [0.25, 0.3) is 0 Å². The number of halogens is 3. The molecule has 8 heteroatoms. The molecule has 1 atom stereocenters. The minimum absolute atomic E-state index is 0.294. The third kappa shape index (κ3) is 2.96. The van der Waals surface area contributed by atoms with E-state index in [2.05, 4.69) is 15.3 Å². The van der Waals surface area contributed by atoms with Crippen LogP contribution in [0.2, 0.25) is 0 Å². The molecule has 0 aromatic carbocycles. The van der Waals surface area contributed by atoms with E-state index < -0.39 is 24.7 Å². The normalized spacial score (nSPS) is 19.8. The molecule has 2 rings (SSSR count). The number of nitrogens with zero attached hydrogens (tertiary/aromatic N) is 1. The Labute approximate surface area is 94.8 Å². The van der Waals surface area contributed by atoms with Crippen molar-refractivity contribution in [3.05, 3.63) is 17.7 Å². The predicted octanol–water partition coefficient (Wildman–Crippen LogP) is 0.102. The molecular weight excluding hydrogens is 237 g/mol. The average Bonchev–Trinajstić information content (AvgIpc) is 2.71. The van der Waals surface area contributed by atoms with E-state index in [4.69, 9.17) is 0 Å². The van der Waals surface area contributed by atoms with Gasteiger partial charge in [-0.05, 0) is 0 Å². The van der Waals surface area contributed by atoms with Gasteiger partial charge >= 0.3 is 6.18 Å². The molecule has 0 radical (unpaired) electrons. The monoisotopic (exact) mass is 248 g/mol. The Kier molecular flexibility index (Phi) is 3.05. The van der Waals surface area contributed by atoms with Crippen molar-refractivity contribution in [2.45, 2.75) is 25.2 Å². The lowest BCUT2D eigenvalue weighted by Crippen LogP contribution is -2.49. The van der Waals surface area contributed by atoms with E-state index in [0.717, 1.165) is 11.4 Å². The summed E-state index contributed by atoms with van der Waals surface area (Å²) in [5.74, 6) is -0.657. The molecule has 1 amide bonds. The molecule has 1 unspecified atom stereocenters. The van der Waals surface area contributed by atoms with Gasteiger partial charge in [-0.25, -0.2) is 4.98 Å². The molecule has 1 aliphatic heterocycles. The maximum absolute atomic E-state index is 11.9.